The molecule has 1 aromatic heterocycles. The van der Waals surface area contributed by atoms with E-state index in [0.717, 1.165) is 12.1 Å². The highest BCUT2D eigenvalue weighted by atomic mass is 32.1. The van der Waals surface area contributed by atoms with Crippen molar-refractivity contribution in [3.05, 3.63) is 57.8 Å². The molecule has 2 amide bonds. The molecule has 2 N–H and O–H groups in total. The van der Waals surface area contributed by atoms with Gasteiger partial charge < -0.3 is 10.6 Å². The highest BCUT2D eigenvalue weighted by Gasteiger charge is 2.30. The lowest BCUT2D eigenvalue weighted by Gasteiger charge is -2.10. The molecule has 8 heteroatoms. The van der Waals surface area contributed by atoms with E-state index in [1.807, 2.05) is 0 Å². The SMILES string of the molecule is O=C(CCNC(=O)c1cccs1)NCc1cccc(C(F)(F)F)c1. The molecular formula is C16H15F3N2O2S. The second-order valence-corrected chi connectivity index (χ2v) is 5.91. The summed E-state index contributed by atoms with van der Waals surface area (Å²) in [7, 11) is 0. The fourth-order valence-corrected chi connectivity index (χ4v) is 2.57. The van der Waals surface area contributed by atoms with E-state index in [9.17, 15) is 22.8 Å². The third-order valence-electron chi connectivity index (χ3n) is 3.13. The van der Waals surface area contributed by atoms with Crippen LogP contribution < -0.4 is 10.6 Å². The van der Waals surface area contributed by atoms with E-state index >= 15 is 0 Å². The van der Waals surface area contributed by atoms with Crippen LogP contribution in [0.1, 0.15) is 27.2 Å². The Morgan fingerprint density at radius 1 is 1.08 bits per heavy atom. The molecule has 2 rings (SSSR count). The van der Waals surface area contributed by atoms with E-state index in [1.165, 1.54) is 23.5 Å². The number of halogens is 3. The van der Waals surface area contributed by atoms with Crippen LogP contribution in [0.4, 0.5) is 13.2 Å². The molecular weight excluding hydrogens is 341 g/mol. The highest BCUT2D eigenvalue weighted by Crippen LogP contribution is 2.29. The molecule has 2 aromatic rings. The average Bonchev–Trinajstić information content (AvgIpc) is 3.07. The van der Waals surface area contributed by atoms with Crippen LogP contribution in [0.5, 0.6) is 0 Å². The van der Waals surface area contributed by atoms with Gasteiger partial charge >= 0.3 is 6.18 Å². The van der Waals surface area contributed by atoms with Gasteiger partial charge in [0.1, 0.15) is 0 Å². The fraction of sp³-hybridized carbons (Fsp3) is 0.250. The number of carbonyl (C=O) groups excluding carboxylic acids is 2. The monoisotopic (exact) mass is 356 g/mol. The van der Waals surface area contributed by atoms with Crippen LogP contribution in [0.2, 0.25) is 0 Å². The van der Waals surface area contributed by atoms with Crippen LogP contribution in [0.3, 0.4) is 0 Å². The van der Waals surface area contributed by atoms with Crippen LogP contribution in [-0.2, 0) is 17.5 Å². The summed E-state index contributed by atoms with van der Waals surface area (Å²) in [6.07, 6.45) is -4.36. The summed E-state index contributed by atoms with van der Waals surface area (Å²) in [4.78, 5) is 23.9. The van der Waals surface area contributed by atoms with Gasteiger partial charge in [-0.2, -0.15) is 13.2 Å². The fourth-order valence-electron chi connectivity index (χ4n) is 1.93. The summed E-state index contributed by atoms with van der Waals surface area (Å²) in [5, 5.41) is 6.91. The quantitative estimate of drug-likeness (QED) is 0.835. The number of amides is 2. The molecule has 1 aromatic carbocycles. The first kappa shape index (κ1) is 18.0. The zero-order valence-electron chi connectivity index (χ0n) is 12.5. The molecule has 0 aliphatic rings. The van der Waals surface area contributed by atoms with Gasteiger partial charge in [0.25, 0.3) is 5.91 Å². The van der Waals surface area contributed by atoms with E-state index in [1.54, 1.807) is 17.5 Å². The largest absolute Gasteiger partial charge is 0.416 e. The molecule has 24 heavy (non-hydrogen) atoms. The van der Waals surface area contributed by atoms with Crippen LogP contribution >= 0.6 is 11.3 Å². The molecule has 0 unspecified atom stereocenters. The van der Waals surface area contributed by atoms with Crippen LogP contribution in [0.25, 0.3) is 0 Å². The summed E-state index contributed by atoms with van der Waals surface area (Å²) in [6, 6.07) is 8.21. The highest BCUT2D eigenvalue weighted by molar-refractivity contribution is 7.12. The van der Waals surface area contributed by atoms with Crippen molar-refractivity contribution in [3.63, 3.8) is 0 Å². The topological polar surface area (TPSA) is 58.2 Å². The number of alkyl halides is 3. The Morgan fingerprint density at radius 3 is 2.54 bits per heavy atom. The molecule has 0 saturated carbocycles. The summed E-state index contributed by atoms with van der Waals surface area (Å²) in [5.41, 5.74) is -0.391. The van der Waals surface area contributed by atoms with Crippen LogP contribution in [0.15, 0.2) is 41.8 Å². The number of rotatable bonds is 6. The normalized spacial score (nSPS) is 11.1. The molecule has 0 radical (unpaired) electrons. The van der Waals surface area contributed by atoms with Crippen molar-refractivity contribution in [1.29, 1.82) is 0 Å². The Kier molecular flexibility index (Phi) is 5.97. The zero-order chi connectivity index (χ0) is 17.6. The molecule has 0 fully saturated rings. The van der Waals surface area contributed by atoms with Gasteiger partial charge in [0.2, 0.25) is 5.91 Å². The predicted molar refractivity (Wildman–Crippen MR) is 84.6 cm³/mol. The van der Waals surface area contributed by atoms with E-state index in [2.05, 4.69) is 10.6 Å². The summed E-state index contributed by atoms with van der Waals surface area (Å²) in [5.74, 6) is -0.602. The van der Waals surface area contributed by atoms with Crippen molar-refractivity contribution in [1.82, 2.24) is 10.6 Å². The van der Waals surface area contributed by atoms with Crippen LogP contribution in [-0.4, -0.2) is 18.4 Å². The Hall–Kier alpha value is -2.35. The minimum atomic E-state index is -4.41. The van der Waals surface area contributed by atoms with Crippen molar-refractivity contribution in [2.45, 2.75) is 19.1 Å². The Labute approximate surface area is 140 Å². The smallest absolute Gasteiger partial charge is 0.352 e. The molecule has 0 spiro atoms. The van der Waals surface area contributed by atoms with Crippen molar-refractivity contribution >= 4 is 23.2 Å². The first-order valence-electron chi connectivity index (χ1n) is 7.11. The lowest BCUT2D eigenvalue weighted by Crippen LogP contribution is -2.30. The van der Waals surface area contributed by atoms with Crippen molar-refractivity contribution in [2.24, 2.45) is 0 Å². The summed E-state index contributed by atoms with van der Waals surface area (Å²) < 4.78 is 37.8. The van der Waals surface area contributed by atoms with E-state index in [4.69, 9.17) is 0 Å². The molecule has 128 valence electrons. The third-order valence-corrected chi connectivity index (χ3v) is 4.00. The van der Waals surface area contributed by atoms with Gasteiger partial charge in [-0.25, -0.2) is 0 Å². The molecule has 0 atom stereocenters. The molecule has 0 bridgehead atoms. The van der Waals surface area contributed by atoms with Gasteiger partial charge in [0.15, 0.2) is 0 Å². The van der Waals surface area contributed by atoms with E-state index < -0.39 is 11.7 Å². The Bertz CT molecular complexity index is 700. The first-order chi connectivity index (χ1) is 11.4. The maximum Gasteiger partial charge on any atom is 0.416 e. The minimum Gasteiger partial charge on any atom is -0.352 e. The van der Waals surface area contributed by atoms with E-state index in [-0.39, 0.29) is 31.3 Å². The van der Waals surface area contributed by atoms with Crippen LogP contribution in [0, 0.1) is 0 Å². The third kappa shape index (κ3) is 5.38. The number of carbonyl (C=O) groups is 2. The van der Waals surface area contributed by atoms with Crippen molar-refractivity contribution in [2.75, 3.05) is 6.54 Å². The van der Waals surface area contributed by atoms with E-state index in [0.29, 0.717) is 10.4 Å². The predicted octanol–water partition coefficient (Wildman–Crippen LogP) is 3.20. The summed E-state index contributed by atoms with van der Waals surface area (Å²) in [6.45, 7) is 0.160. The molecule has 0 saturated heterocycles. The van der Waals surface area contributed by atoms with Gasteiger partial charge in [0.05, 0.1) is 10.4 Å². The second kappa shape index (κ2) is 7.96. The zero-order valence-corrected chi connectivity index (χ0v) is 13.3. The first-order valence-corrected chi connectivity index (χ1v) is 7.99. The van der Waals surface area contributed by atoms with Gasteiger partial charge in [-0.15, -0.1) is 11.3 Å². The second-order valence-electron chi connectivity index (χ2n) is 4.96. The van der Waals surface area contributed by atoms with Gasteiger partial charge in [-0.3, -0.25) is 9.59 Å². The number of thiophene rings is 1. The van der Waals surface area contributed by atoms with Crippen molar-refractivity contribution in [3.8, 4) is 0 Å². The number of benzene rings is 1. The Balaban J connectivity index is 1.74. The lowest BCUT2D eigenvalue weighted by atomic mass is 10.1. The number of hydrogen-bond acceptors (Lipinski definition) is 3. The Morgan fingerprint density at radius 2 is 1.88 bits per heavy atom. The minimum absolute atomic E-state index is 0.00161. The summed E-state index contributed by atoms with van der Waals surface area (Å²) >= 11 is 1.30. The molecule has 1 heterocycles. The molecule has 4 nitrogen and oxygen atoms in total. The maximum absolute atomic E-state index is 12.6. The standard InChI is InChI=1S/C16H15F3N2O2S/c17-16(18,19)12-4-1-3-11(9-12)10-21-14(22)6-7-20-15(23)13-5-2-8-24-13/h1-5,8-9H,6-7,10H2,(H,20,23)(H,21,22). The number of hydrogen-bond donors (Lipinski definition) is 2. The maximum atomic E-state index is 12.6. The average molecular weight is 356 g/mol. The lowest BCUT2D eigenvalue weighted by molar-refractivity contribution is -0.137. The molecule has 0 aliphatic heterocycles. The number of nitrogens with one attached hydrogen (secondary N) is 2. The molecule has 0 aliphatic carbocycles. The van der Waals surface area contributed by atoms with Crippen molar-refractivity contribution < 1.29 is 22.8 Å². The van der Waals surface area contributed by atoms with Gasteiger partial charge in [0, 0.05) is 19.5 Å². The van der Waals surface area contributed by atoms with Gasteiger partial charge in [-0.1, -0.05) is 18.2 Å². The van der Waals surface area contributed by atoms with Gasteiger partial charge in [-0.05, 0) is 29.1 Å².